The summed E-state index contributed by atoms with van der Waals surface area (Å²) in [6, 6.07) is 1.92. The van der Waals surface area contributed by atoms with Gasteiger partial charge in [-0.15, -0.1) is 0 Å². The molecular weight excluding hydrogens is 203 g/mol. The molecule has 0 amide bonds. The summed E-state index contributed by atoms with van der Waals surface area (Å²) in [6.45, 7) is 0. The zero-order valence-electron chi connectivity index (χ0n) is 7.67. The van der Waals surface area contributed by atoms with Crippen molar-refractivity contribution in [3.63, 3.8) is 0 Å². The summed E-state index contributed by atoms with van der Waals surface area (Å²) in [4.78, 5) is 29.9. The van der Waals surface area contributed by atoms with Crippen LogP contribution in [0.3, 0.4) is 0 Å². The first-order valence-electron chi connectivity index (χ1n) is 3.86. The second-order valence-corrected chi connectivity index (χ2v) is 2.83. The van der Waals surface area contributed by atoms with Gasteiger partial charge in [0.25, 0.3) is 11.4 Å². The molecular formula is C7H5BN2O5. The summed E-state index contributed by atoms with van der Waals surface area (Å²) in [6.07, 6.45) is 0.300. The van der Waals surface area contributed by atoms with Crippen molar-refractivity contribution < 1.29 is 14.6 Å². The Balaban J connectivity index is 3.50. The fourth-order valence-corrected chi connectivity index (χ4v) is 1.16. The SMILES string of the molecule is Bc1cc(C=O)c([N+](=O)[O-])cc1[N+](=O)[O-]. The summed E-state index contributed by atoms with van der Waals surface area (Å²) in [5.74, 6) is 0. The summed E-state index contributed by atoms with van der Waals surface area (Å²) >= 11 is 0. The van der Waals surface area contributed by atoms with Gasteiger partial charge in [0.2, 0.25) is 0 Å². The Morgan fingerprint density at radius 2 is 1.67 bits per heavy atom. The van der Waals surface area contributed by atoms with E-state index in [2.05, 4.69) is 0 Å². The molecule has 1 aromatic rings. The summed E-state index contributed by atoms with van der Waals surface area (Å²) in [7, 11) is 1.41. The molecule has 1 rings (SSSR count). The predicted molar refractivity (Wildman–Crippen MR) is 53.3 cm³/mol. The van der Waals surface area contributed by atoms with E-state index in [1.54, 1.807) is 0 Å². The zero-order valence-corrected chi connectivity index (χ0v) is 7.67. The molecule has 0 bridgehead atoms. The molecule has 76 valence electrons. The van der Waals surface area contributed by atoms with Crippen LogP contribution in [0.1, 0.15) is 10.4 Å². The highest BCUT2D eigenvalue weighted by Crippen LogP contribution is 2.21. The van der Waals surface area contributed by atoms with Crippen molar-refractivity contribution in [1.29, 1.82) is 0 Å². The van der Waals surface area contributed by atoms with Crippen molar-refractivity contribution in [2.24, 2.45) is 0 Å². The molecule has 0 aliphatic rings. The summed E-state index contributed by atoms with van der Waals surface area (Å²) in [5.41, 5.74) is -0.870. The number of rotatable bonds is 3. The molecule has 0 fully saturated rings. The molecule has 0 spiro atoms. The Hall–Kier alpha value is -2.25. The second kappa shape index (κ2) is 3.87. The summed E-state index contributed by atoms with van der Waals surface area (Å²) in [5, 5.41) is 21.0. The Bertz CT molecular complexity index is 459. The fraction of sp³-hybridized carbons (Fsp3) is 0. The maximum atomic E-state index is 10.5. The van der Waals surface area contributed by atoms with Gasteiger partial charge in [-0.3, -0.25) is 25.0 Å². The normalized spacial score (nSPS) is 9.60. The Labute approximate surface area is 84.4 Å². The van der Waals surface area contributed by atoms with Crippen molar-refractivity contribution in [2.75, 3.05) is 0 Å². The number of carbonyl (C=O) groups is 1. The van der Waals surface area contributed by atoms with Crippen molar-refractivity contribution in [3.05, 3.63) is 37.9 Å². The van der Waals surface area contributed by atoms with Crippen LogP contribution in [-0.2, 0) is 0 Å². The minimum Gasteiger partial charge on any atom is -0.298 e. The lowest BCUT2D eigenvalue weighted by molar-refractivity contribution is -0.393. The van der Waals surface area contributed by atoms with Crippen molar-refractivity contribution in [1.82, 2.24) is 0 Å². The molecule has 0 radical (unpaired) electrons. The highest BCUT2D eigenvalue weighted by Gasteiger charge is 2.21. The molecule has 15 heavy (non-hydrogen) atoms. The smallest absolute Gasteiger partial charge is 0.286 e. The third-order valence-corrected chi connectivity index (χ3v) is 1.87. The molecule has 0 aliphatic carbocycles. The van der Waals surface area contributed by atoms with E-state index in [-0.39, 0.29) is 16.7 Å². The molecule has 0 atom stereocenters. The number of hydrogen-bond donors (Lipinski definition) is 0. The van der Waals surface area contributed by atoms with Crippen LogP contribution >= 0.6 is 0 Å². The number of aldehydes is 1. The second-order valence-electron chi connectivity index (χ2n) is 2.83. The number of benzene rings is 1. The van der Waals surface area contributed by atoms with E-state index in [4.69, 9.17) is 0 Å². The van der Waals surface area contributed by atoms with Crippen molar-refractivity contribution in [3.8, 4) is 0 Å². The molecule has 0 saturated carbocycles. The van der Waals surface area contributed by atoms with Gasteiger partial charge >= 0.3 is 0 Å². The highest BCUT2D eigenvalue weighted by molar-refractivity contribution is 6.35. The minimum absolute atomic E-state index is 0.164. The molecule has 0 N–H and O–H groups in total. The van der Waals surface area contributed by atoms with E-state index in [9.17, 15) is 25.0 Å². The van der Waals surface area contributed by atoms with Crippen molar-refractivity contribution >= 4 is 31.0 Å². The largest absolute Gasteiger partial charge is 0.298 e. The quantitative estimate of drug-likeness (QED) is 0.290. The van der Waals surface area contributed by atoms with Gasteiger partial charge in [-0.25, -0.2) is 0 Å². The maximum absolute atomic E-state index is 10.5. The molecule has 0 unspecified atom stereocenters. The average molecular weight is 208 g/mol. The van der Waals surface area contributed by atoms with Crippen LogP contribution in [0.25, 0.3) is 0 Å². The third-order valence-electron chi connectivity index (χ3n) is 1.87. The number of hydrogen-bond acceptors (Lipinski definition) is 5. The van der Waals surface area contributed by atoms with Gasteiger partial charge in [-0.1, -0.05) is 0 Å². The lowest BCUT2D eigenvalue weighted by Gasteiger charge is -1.99. The maximum Gasteiger partial charge on any atom is 0.286 e. The first-order chi connectivity index (χ1) is 6.97. The first-order valence-corrected chi connectivity index (χ1v) is 3.86. The molecule has 0 saturated heterocycles. The highest BCUT2D eigenvalue weighted by atomic mass is 16.6. The van der Waals surface area contributed by atoms with Crippen LogP contribution < -0.4 is 5.46 Å². The van der Waals surface area contributed by atoms with Crippen molar-refractivity contribution in [2.45, 2.75) is 0 Å². The van der Waals surface area contributed by atoms with Gasteiger partial charge in [0.15, 0.2) is 6.29 Å². The third kappa shape index (κ3) is 1.98. The van der Waals surface area contributed by atoms with Gasteiger partial charge in [0.1, 0.15) is 7.85 Å². The fourth-order valence-electron chi connectivity index (χ4n) is 1.16. The van der Waals surface area contributed by atoms with E-state index >= 15 is 0 Å². The van der Waals surface area contributed by atoms with Crippen LogP contribution in [0.5, 0.6) is 0 Å². The van der Waals surface area contributed by atoms with Gasteiger partial charge in [-0.2, -0.15) is 0 Å². The average Bonchev–Trinajstić information content (AvgIpc) is 2.16. The molecule has 7 nitrogen and oxygen atoms in total. The molecule has 1 aromatic carbocycles. The molecule has 8 heteroatoms. The minimum atomic E-state index is -0.823. The van der Waals surface area contributed by atoms with E-state index in [0.717, 1.165) is 12.1 Å². The van der Waals surface area contributed by atoms with Gasteiger partial charge in [-0.05, 0) is 11.5 Å². The van der Waals surface area contributed by atoms with Crippen LogP contribution in [0.2, 0.25) is 0 Å². The van der Waals surface area contributed by atoms with Gasteiger partial charge < -0.3 is 0 Å². The summed E-state index contributed by atoms with van der Waals surface area (Å²) < 4.78 is 0. The van der Waals surface area contributed by atoms with Crippen LogP contribution in [0.15, 0.2) is 12.1 Å². The Morgan fingerprint density at radius 3 is 2.07 bits per heavy atom. The van der Waals surface area contributed by atoms with Gasteiger partial charge in [0, 0.05) is 0 Å². The number of carbonyl (C=O) groups excluding carboxylic acids is 1. The van der Waals surface area contributed by atoms with Crippen LogP contribution in [0, 0.1) is 20.2 Å². The topological polar surface area (TPSA) is 103 Å². The number of nitrogens with zero attached hydrogens (tertiary/aromatic N) is 2. The van der Waals surface area contributed by atoms with Crippen LogP contribution in [-0.4, -0.2) is 24.0 Å². The van der Waals surface area contributed by atoms with E-state index in [0.29, 0.717) is 6.29 Å². The zero-order chi connectivity index (χ0) is 11.6. The lowest BCUT2D eigenvalue weighted by atomic mass is 9.91. The molecule has 0 aliphatic heterocycles. The first kappa shape index (κ1) is 10.8. The Kier molecular flexibility index (Phi) is 2.79. The van der Waals surface area contributed by atoms with Gasteiger partial charge in [0.05, 0.1) is 21.5 Å². The standard InChI is InChI=1S/C7H5BN2O5/c8-5-1-4(3-11)6(9(12)13)2-7(5)10(14)15/h1-3H,8H2. The Morgan fingerprint density at radius 1 is 1.13 bits per heavy atom. The lowest BCUT2D eigenvalue weighted by Crippen LogP contribution is -2.12. The predicted octanol–water partition coefficient (Wildman–Crippen LogP) is -0.426. The van der Waals surface area contributed by atoms with E-state index in [1.165, 1.54) is 7.85 Å². The number of nitro groups is 2. The number of nitro benzene ring substituents is 2. The monoisotopic (exact) mass is 208 g/mol. The molecule has 0 heterocycles. The molecule has 0 aromatic heterocycles. The van der Waals surface area contributed by atoms with E-state index < -0.39 is 15.5 Å². The van der Waals surface area contributed by atoms with E-state index in [1.807, 2.05) is 0 Å². The van der Waals surface area contributed by atoms with Crippen LogP contribution in [0.4, 0.5) is 11.4 Å².